The lowest BCUT2D eigenvalue weighted by atomic mass is 10.2. The number of rotatable bonds is 7. The van der Waals surface area contributed by atoms with Crippen molar-refractivity contribution in [2.75, 3.05) is 7.11 Å². The van der Waals surface area contributed by atoms with Crippen LogP contribution in [0.2, 0.25) is 5.02 Å². The topological polar surface area (TPSA) is 53.4 Å². The van der Waals surface area contributed by atoms with Crippen LogP contribution in [-0.4, -0.2) is 16.9 Å². The molecule has 0 aliphatic heterocycles. The number of halogens is 1. The Hall–Kier alpha value is -2.01. The molecular weight excluding hydrogens is 304 g/mol. The third-order valence-corrected chi connectivity index (χ3v) is 3.58. The highest BCUT2D eigenvalue weighted by atomic mass is 35.5. The summed E-state index contributed by atoms with van der Waals surface area (Å²) < 4.78 is 12.1. The first-order valence-corrected chi connectivity index (χ1v) is 7.54. The number of aryl methyl sites for hydroxylation is 1. The predicted molar refractivity (Wildman–Crippen MR) is 85.7 cm³/mol. The van der Waals surface area contributed by atoms with Crippen LogP contribution in [0.25, 0.3) is 0 Å². The van der Waals surface area contributed by atoms with Gasteiger partial charge in [-0.3, -0.25) is 4.79 Å². The van der Waals surface area contributed by atoms with Crippen LogP contribution >= 0.6 is 11.6 Å². The molecule has 0 aliphatic rings. The number of benzene rings is 1. The second-order valence-corrected chi connectivity index (χ2v) is 5.22. The molecule has 0 bridgehead atoms. The first-order valence-electron chi connectivity index (χ1n) is 7.17. The van der Waals surface area contributed by atoms with Crippen molar-refractivity contribution in [1.82, 2.24) is 9.78 Å². The molecule has 0 saturated carbocycles. The molecule has 2 rings (SSSR count). The van der Waals surface area contributed by atoms with Crippen molar-refractivity contribution in [3.05, 3.63) is 51.4 Å². The maximum absolute atomic E-state index is 12.1. The number of methoxy groups -OCH3 is 1. The van der Waals surface area contributed by atoms with E-state index >= 15 is 0 Å². The summed E-state index contributed by atoms with van der Waals surface area (Å²) in [4.78, 5) is 12.1. The fraction of sp³-hybridized carbons (Fsp3) is 0.375. The SMILES string of the molecule is CCCCn1ncc(OCc2ccc(OC)cc2)c(Cl)c1=O. The Morgan fingerprint density at radius 2 is 2.00 bits per heavy atom. The minimum Gasteiger partial charge on any atom is -0.497 e. The van der Waals surface area contributed by atoms with E-state index in [1.54, 1.807) is 7.11 Å². The number of ether oxygens (including phenoxy) is 2. The molecule has 0 N–H and O–H groups in total. The molecule has 1 aromatic carbocycles. The largest absolute Gasteiger partial charge is 0.497 e. The van der Waals surface area contributed by atoms with Crippen molar-refractivity contribution in [2.45, 2.75) is 32.9 Å². The minimum atomic E-state index is -0.317. The quantitative estimate of drug-likeness (QED) is 0.785. The fourth-order valence-corrected chi connectivity index (χ4v) is 2.10. The average molecular weight is 323 g/mol. The second kappa shape index (κ2) is 7.84. The van der Waals surface area contributed by atoms with E-state index in [1.165, 1.54) is 10.9 Å². The highest BCUT2D eigenvalue weighted by Crippen LogP contribution is 2.20. The Kier molecular flexibility index (Phi) is 5.83. The third kappa shape index (κ3) is 4.01. The standard InChI is InChI=1S/C16H19ClN2O3/c1-3-4-9-19-16(20)15(17)14(10-18-19)22-11-12-5-7-13(21-2)8-6-12/h5-8,10H,3-4,9,11H2,1-2H3. The van der Waals surface area contributed by atoms with Gasteiger partial charge in [-0.25, -0.2) is 4.68 Å². The van der Waals surface area contributed by atoms with Crippen LogP contribution in [0.3, 0.4) is 0 Å². The molecule has 22 heavy (non-hydrogen) atoms. The number of hydrogen-bond acceptors (Lipinski definition) is 4. The maximum atomic E-state index is 12.1. The molecule has 0 atom stereocenters. The molecule has 0 radical (unpaired) electrons. The van der Waals surface area contributed by atoms with Crippen molar-refractivity contribution < 1.29 is 9.47 Å². The van der Waals surface area contributed by atoms with Crippen molar-refractivity contribution in [1.29, 1.82) is 0 Å². The molecule has 0 unspecified atom stereocenters. The van der Waals surface area contributed by atoms with Gasteiger partial charge >= 0.3 is 0 Å². The third-order valence-electron chi connectivity index (χ3n) is 3.23. The monoisotopic (exact) mass is 322 g/mol. The Labute approximate surface area is 134 Å². The number of hydrogen-bond donors (Lipinski definition) is 0. The van der Waals surface area contributed by atoms with E-state index in [0.29, 0.717) is 18.9 Å². The van der Waals surface area contributed by atoms with Crippen LogP contribution < -0.4 is 15.0 Å². The van der Waals surface area contributed by atoms with E-state index in [4.69, 9.17) is 21.1 Å². The number of nitrogens with zero attached hydrogens (tertiary/aromatic N) is 2. The summed E-state index contributed by atoms with van der Waals surface area (Å²) in [6.45, 7) is 2.93. The number of unbranched alkanes of at least 4 members (excludes halogenated alkanes) is 1. The number of aromatic nitrogens is 2. The molecule has 0 saturated heterocycles. The van der Waals surface area contributed by atoms with Gasteiger partial charge in [0.1, 0.15) is 12.4 Å². The molecular formula is C16H19ClN2O3. The van der Waals surface area contributed by atoms with Gasteiger partial charge in [0.2, 0.25) is 0 Å². The fourth-order valence-electron chi connectivity index (χ4n) is 1.90. The van der Waals surface area contributed by atoms with Gasteiger partial charge in [-0.2, -0.15) is 5.10 Å². The summed E-state index contributed by atoms with van der Waals surface area (Å²) >= 11 is 6.07. The van der Waals surface area contributed by atoms with Crippen LogP contribution in [0.5, 0.6) is 11.5 Å². The van der Waals surface area contributed by atoms with E-state index < -0.39 is 0 Å². The van der Waals surface area contributed by atoms with Crippen molar-refractivity contribution in [3.63, 3.8) is 0 Å². The van der Waals surface area contributed by atoms with Crippen molar-refractivity contribution >= 4 is 11.6 Å². The summed E-state index contributed by atoms with van der Waals surface area (Å²) in [6.07, 6.45) is 3.36. The van der Waals surface area contributed by atoms with Gasteiger partial charge in [-0.05, 0) is 24.1 Å². The minimum absolute atomic E-state index is 0.0691. The van der Waals surface area contributed by atoms with Gasteiger partial charge in [-0.15, -0.1) is 0 Å². The summed E-state index contributed by atoms with van der Waals surface area (Å²) in [5.41, 5.74) is 0.634. The highest BCUT2D eigenvalue weighted by Gasteiger charge is 2.10. The average Bonchev–Trinajstić information content (AvgIpc) is 2.56. The van der Waals surface area contributed by atoms with Crippen LogP contribution in [0.15, 0.2) is 35.3 Å². The summed E-state index contributed by atoms with van der Waals surface area (Å²) in [6, 6.07) is 7.48. The molecule has 2 aromatic rings. The van der Waals surface area contributed by atoms with E-state index in [2.05, 4.69) is 12.0 Å². The van der Waals surface area contributed by atoms with Crippen LogP contribution in [0.1, 0.15) is 25.3 Å². The molecule has 0 fully saturated rings. The van der Waals surface area contributed by atoms with Gasteiger partial charge in [0, 0.05) is 6.54 Å². The van der Waals surface area contributed by atoms with E-state index in [1.807, 2.05) is 24.3 Å². The Balaban J connectivity index is 2.06. The van der Waals surface area contributed by atoms with E-state index in [9.17, 15) is 4.79 Å². The molecule has 0 amide bonds. The zero-order valence-corrected chi connectivity index (χ0v) is 13.5. The highest BCUT2D eigenvalue weighted by molar-refractivity contribution is 6.31. The molecule has 0 spiro atoms. The van der Waals surface area contributed by atoms with Gasteiger partial charge in [0.05, 0.1) is 13.3 Å². The molecule has 6 heteroatoms. The van der Waals surface area contributed by atoms with E-state index in [0.717, 1.165) is 24.2 Å². The molecule has 118 valence electrons. The molecule has 1 heterocycles. The summed E-state index contributed by atoms with van der Waals surface area (Å²) in [5.74, 6) is 1.08. The smallest absolute Gasteiger partial charge is 0.289 e. The van der Waals surface area contributed by atoms with Crippen LogP contribution in [-0.2, 0) is 13.2 Å². The Morgan fingerprint density at radius 1 is 1.27 bits per heavy atom. The zero-order valence-electron chi connectivity index (χ0n) is 12.7. The second-order valence-electron chi connectivity index (χ2n) is 4.84. The first kappa shape index (κ1) is 16.4. The van der Waals surface area contributed by atoms with Crippen LogP contribution in [0.4, 0.5) is 0 Å². The summed E-state index contributed by atoms with van der Waals surface area (Å²) in [5, 5.41) is 4.16. The lowest BCUT2D eigenvalue weighted by Gasteiger charge is -2.10. The van der Waals surface area contributed by atoms with Crippen molar-refractivity contribution in [2.24, 2.45) is 0 Å². The normalized spacial score (nSPS) is 10.5. The Morgan fingerprint density at radius 3 is 2.64 bits per heavy atom. The van der Waals surface area contributed by atoms with Gasteiger partial charge < -0.3 is 9.47 Å². The maximum Gasteiger partial charge on any atom is 0.289 e. The lowest BCUT2D eigenvalue weighted by Crippen LogP contribution is -2.23. The summed E-state index contributed by atoms with van der Waals surface area (Å²) in [7, 11) is 1.62. The first-order chi connectivity index (χ1) is 10.7. The van der Waals surface area contributed by atoms with Crippen LogP contribution in [0, 0.1) is 0 Å². The predicted octanol–water partition coefficient (Wildman–Crippen LogP) is 3.28. The van der Waals surface area contributed by atoms with Gasteiger partial charge in [0.15, 0.2) is 10.8 Å². The van der Waals surface area contributed by atoms with Crippen molar-refractivity contribution in [3.8, 4) is 11.5 Å². The van der Waals surface area contributed by atoms with Gasteiger partial charge in [0.25, 0.3) is 5.56 Å². The van der Waals surface area contributed by atoms with E-state index in [-0.39, 0.29) is 10.6 Å². The lowest BCUT2D eigenvalue weighted by molar-refractivity contribution is 0.301. The molecule has 1 aromatic heterocycles. The van der Waals surface area contributed by atoms with Gasteiger partial charge in [-0.1, -0.05) is 37.1 Å². The Bertz CT molecular complexity index is 668. The zero-order chi connectivity index (χ0) is 15.9. The molecule has 0 aliphatic carbocycles. The molecule has 5 nitrogen and oxygen atoms in total.